The van der Waals surface area contributed by atoms with Gasteiger partial charge in [0.05, 0.1) is 9.82 Å². The van der Waals surface area contributed by atoms with E-state index in [0.717, 1.165) is 18.9 Å². The number of nitrogens with two attached hydrogens (primary N) is 1. The van der Waals surface area contributed by atoms with E-state index in [4.69, 9.17) is 5.73 Å². The Kier molecular flexibility index (Phi) is 8.53. The van der Waals surface area contributed by atoms with Crippen LogP contribution in [0.3, 0.4) is 0 Å². The summed E-state index contributed by atoms with van der Waals surface area (Å²) in [6.45, 7) is 1.54. The Morgan fingerprint density at radius 2 is 2.08 bits per heavy atom. The van der Waals surface area contributed by atoms with Gasteiger partial charge < -0.3 is 16.4 Å². The zero-order valence-electron chi connectivity index (χ0n) is 14.5. The molecule has 0 aliphatic heterocycles. The van der Waals surface area contributed by atoms with Crippen LogP contribution in [0.2, 0.25) is 0 Å². The molecule has 0 heterocycles. The molecule has 1 aliphatic carbocycles. The van der Waals surface area contributed by atoms with Gasteiger partial charge in [0, 0.05) is 32.0 Å². The van der Waals surface area contributed by atoms with Crippen molar-refractivity contribution in [2.24, 2.45) is 16.6 Å². The van der Waals surface area contributed by atoms with Crippen molar-refractivity contribution in [3.05, 3.63) is 28.3 Å². The van der Waals surface area contributed by atoms with E-state index in [1.54, 1.807) is 0 Å². The maximum atomic E-state index is 11.5. The van der Waals surface area contributed by atoms with Gasteiger partial charge in [0.1, 0.15) is 5.69 Å². The first-order valence-corrected chi connectivity index (χ1v) is 9.92. The van der Waals surface area contributed by atoms with Crippen LogP contribution in [-0.4, -0.2) is 45.2 Å². The van der Waals surface area contributed by atoms with Gasteiger partial charge in [-0.2, -0.15) is 0 Å². The lowest BCUT2D eigenvalue weighted by molar-refractivity contribution is -0.384. The van der Waals surface area contributed by atoms with Crippen molar-refractivity contribution in [2.75, 3.05) is 31.2 Å². The van der Waals surface area contributed by atoms with Crippen LogP contribution >= 0.6 is 24.0 Å². The van der Waals surface area contributed by atoms with Gasteiger partial charge in [0.15, 0.2) is 15.8 Å². The predicted molar refractivity (Wildman–Crippen MR) is 112 cm³/mol. The Balaban J connectivity index is 0.00000338. The van der Waals surface area contributed by atoms with Crippen LogP contribution in [0.1, 0.15) is 19.3 Å². The summed E-state index contributed by atoms with van der Waals surface area (Å²) in [6, 6.07) is 3.79. The van der Waals surface area contributed by atoms with Crippen molar-refractivity contribution in [2.45, 2.75) is 24.2 Å². The Bertz CT molecular complexity index is 765. The third kappa shape index (κ3) is 6.59. The van der Waals surface area contributed by atoms with Crippen molar-refractivity contribution in [3.8, 4) is 0 Å². The summed E-state index contributed by atoms with van der Waals surface area (Å²) < 4.78 is 23.0. The highest BCUT2D eigenvalue weighted by molar-refractivity contribution is 14.0. The van der Waals surface area contributed by atoms with Gasteiger partial charge in [-0.05, 0) is 30.9 Å². The maximum Gasteiger partial charge on any atom is 0.293 e. The maximum absolute atomic E-state index is 11.5. The minimum Gasteiger partial charge on any atom is -0.378 e. The van der Waals surface area contributed by atoms with E-state index < -0.39 is 14.8 Å². The molecule has 26 heavy (non-hydrogen) atoms. The molecule has 2 rings (SSSR count). The molecular formula is C15H24IN5O4S. The monoisotopic (exact) mass is 497 g/mol. The smallest absolute Gasteiger partial charge is 0.293 e. The Morgan fingerprint density at radius 1 is 1.38 bits per heavy atom. The van der Waals surface area contributed by atoms with E-state index in [0.29, 0.717) is 25.0 Å². The summed E-state index contributed by atoms with van der Waals surface area (Å²) in [4.78, 5) is 14.7. The number of benzene rings is 1. The van der Waals surface area contributed by atoms with Crippen LogP contribution < -0.4 is 16.4 Å². The standard InChI is InChI=1S/C15H23N5O4S.HI/c1-25(23,24)12-5-6-13(14(9-12)20(21)22)17-7-8-18-15(16)19-10-11-3-2-4-11;/h5-6,9,11,17H,2-4,7-8,10H2,1H3,(H3,16,18,19);1H. The lowest BCUT2D eigenvalue weighted by atomic mass is 9.86. The van der Waals surface area contributed by atoms with Crippen LogP contribution in [0.4, 0.5) is 11.4 Å². The van der Waals surface area contributed by atoms with E-state index in [2.05, 4.69) is 15.6 Å². The first-order chi connectivity index (χ1) is 11.8. The highest BCUT2D eigenvalue weighted by atomic mass is 127. The third-order valence-corrected chi connectivity index (χ3v) is 5.20. The number of nitrogens with one attached hydrogen (secondary N) is 2. The van der Waals surface area contributed by atoms with Crippen LogP contribution in [0.25, 0.3) is 0 Å². The number of sulfone groups is 1. The van der Waals surface area contributed by atoms with Gasteiger partial charge >= 0.3 is 0 Å². The first-order valence-electron chi connectivity index (χ1n) is 8.03. The molecule has 0 bridgehead atoms. The number of rotatable bonds is 8. The molecule has 1 aromatic rings. The van der Waals surface area contributed by atoms with Gasteiger partial charge in [-0.1, -0.05) is 6.42 Å². The normalized spacial score (nSPS) is 14.9. The summed E-state index contributed by atoms with van der Waals surface area (Å²) in [5.41, 5.74) is 5.73. The number of aliphatic imine (C=N–C) groups is 1. The Hall–Kier alpha value is -1.63. The van der Waals surface area contributed by atoms with Gasteiger partial charge in [-0.25, -0.2) is 8.42 Å². The number of hydrogen-bond donors (Lipinski definition) is 3. The molecule has 0 amide bonds. The summed E-state index contributed by atoms with van der Waals surface area (Å²) >= 11 is 0. The van der Waals surface area contributed by atoms with Crippen LogP contribution in [0.15, 0.2) is 28.1 Å². The van der Waals surface area contributed by atoms with Crippen LogP contribution in [0.5, 0.6) is 0 Å². The first kappa shape index (κ1) is 22.4. The Morgan fingerprint density at radius 3 is 2.62 bits per heavy atom. The quantitative estimate of drug-likeness (QED) is 0.124. The van der Waals surface area contributed by atoms with E-state index in [-0.39, 0.29) is 40.2 Å². The molecule has 0 radical (unpaired) electrons. The minimum absolute atomic E-state index is 0. The average molecular weight is 497 g/mol. The highest BCUT2D eigenvalue weighted by Crippen LogP contribution is 2.27. The van der Waals surface area contributed by atoms with E-state index >= 15 is 0 Å². The summed E-state index contributed by atoms with van der Waals surface area (Å²) in [7, 11) is -3.50. The Labute approximate surface area is 169 Å². The number of halogens is 1. The van der Waals surface area contributed by atoms with E-state index in [1.165, 1.54) is 31.4 Å². The van der Waals surface area contributed by atoms with Gasteiger partial charge in [0.25, 0.3) is 5.69 Å². The second kappa shape index (κ2) is 9.90. The van der Waals surface area contributed by atoms with Crippen molar-refractivity contribution in [3.63, 3.8) is 0 Å². The summed E-state index contributed by atoms with van der Waals surface area (Å²) in [5, 5.41) is 17.0. The van der Waals surface area contributed by atoms with Crippen LogP contribution in [-0.2, 0) is 9.84 Å². The third-order valence-electron chi connectivity index (χ3n) is 4.09. The van der Waals surface area contributed by atoms with Crippen molar-refractivity contribution < 1.29 is 13.3 Å². The van der Waals surface area contributed by atoms with Crippen LogP contribution in [0, 0.1) is 16.0 Å². The molecule has 1 saturated carbocycles. The second-order valence-corrected chi connectivity index (χ2v) is 8.10. The predicted octanol–water partition coefficient (Wildman–Crippen LogP) is 1.73. The molecule has 0 saturated heterocycles. The lowest BCUT2D eigenvalue weighted by Gasteiger charge is -2.23. The SMILES string of the molecule is CS(=O)(=O)c1ccc(NCCNC(N)=NCC2CCC2)c([N+](=O)[O-])c1.I. The molecule has 11 heteroatoms. The van der Waals surface area contributed by atoms with Crippen molar-refractivity contribution in [1.29, 1.82) is 0 Å². The molecule has 4 N–H and O–H groups in total. The molecule has 9 nitrogen and oxygen atoms in total. The number of nitro benzene ring substituents is 1. The van der Waals surface area contributed by atoms with E-state index in [1.807, 2.05) is 0 Å². The summed E-state index contributed by atoms with van der Waals surface area (Å²) in [5.74, 6) is 0.991. The molecule has 1 aromatic carbocycles. The zero-order valence-corrected chi connectivity index (χ0v) is 17.6. The largest absolute Gasteiger partial charge is 0.378 e. The van der Waals surface area contributed by atoms with Gasteiger partial charge in [-0.3, -0.25) is 15.1 Å². The fourth-order valence-electron chi connectivity index (χ4n) is 2.39. The molecule has 1 fully saturated rings. The number of hydrogen-bond acceptors (Lipinski definition) is 6. The van der Waals surface area contributed by atoms with E-state index in [9.17, 15) is 18.5 Å². The number of nitrogens with zero attached hydrogens (tertiary/aromatic N) is 2. The number of anilines is 1. The molecule has 0 spiro atoms. The molecular weight excluding hydrogens is 473 g/mol. The van der Waals surface area contributed by atoms with Gasteiger partial charge in [-0.15, -0.1) is 24.0 Å². The fourth-order valence-corrected chi connectivity index (χ4v) is 3.03. The fraction of sp³-hybridized carbons (Fsp3) is 0.533. The molecule has 146 valence electrons. The van der Waals surface area contributed by atoms with Gasteiger partial charge in [0.2, 0.25) is 0 Å². The molecule has 1 aliphatic rings. The zero-order chi connectivity index (χ0) is 18.4. The molecule has 0 unspecified atom stereocenters. The second-order valence-electron chi connectivity index (χ2n) is 6.08. The van der Waals surface area contributed by atoms with Crippen molar-refractivity contribution in [1.82, 2.24) is 5.32 Å². The topological polar surface area (TPSA) is 140 Å². The highest BCUT2D eigenvalue weighted by Gasteiger charge is 2.18. The number of guanidine groups is 1. The average Bonchev–Trinajstić information content (AvgIpc) is 2.49. The molecule has 0 aromatic heterocycles. The lowest BCUT2D eigenvalue weighted by Crippen LogP contribution is -2.35. The minimum atomic E-state index is -3.50. The summed E-state index contributed by atoms with van der Waals surface area (Å²) in [6.07, 6.45) is 4.67. The van der Waals surface area contributed by atoms with Crippen molar-refractivity contribution >= 4 is 51.1 Å². The molecule has 0 atom stereocenters. The number of nitro groups is 1.